The van der Waals surface area contributed by atoms with Gasteiger partial charge in [-0.3, -0.25) is 0 Å². The predicted octanol–water partition coefficient (Wildman–Crippen LogP) is 6.05. The molecule has 0 saturated carbocycles. The highest BCUT2D eigenvalue weighted by atomic mass is 32.2. The Kier molecular flexibility index (Phi) is 5.57. The fourth-order valence-corrected chi connectivity index (χ4v) is 4.95. The van der Waals surface area contributed by atoms with Gasteiger partial charge in [-0.1, -0.05) is 12.1 Å². The molecular formula is C19H20O2S2. The Hall–Kier alpha value is -1.52. The third kappa shape index (κ3) is 4.27. The van der Waals surface area contributed by atoms with Crippen LogP contribution in [0.2, 0.25) is 0 Å². The topological polar surface area (TPSA) is 18.5 Å². The average Bonchev–Trinajstić information content (AvgIpc) is 2.63. The smallest absolute Gasteiger partial charge is 0.127 e. The molecule has 1 aliphatic heterocycles. The van der Waals surface area contributed by atoms with Crippen LogP contribution >= 0.6 is 23.5 Å². The first-order valence-electron chi connectivity index (χ1n) is 7.65. The van der Waals surface area contributed by atoms with Gasteiger partial charge < -0.3 is 9.47 Å². The van der Waals surface area contributed by atoms with Crippen LogP contribution in [0.1, 0.15) is 18.9 Å². The lowest BCUT2D eigenvalue weighted by atomic mass is 10.1. The minimum Gasteiger partial charge on any atom is -0.497 e. The van der Waals surface area contributed by atoms with Gasteiger partial charge in [0.2, 0.25) is 0 Å². The summed E-state index contributed by atoms with van der Waals surface area (Å²) in [7, 11) is 1.66. The zero-order chi connectivity index (χ0) is 16.1. The Morgan fingerprint density at radius 3 is 1.91 bits per heavy atom. The van der Waals surface area contributed by atoms with E-state index in [-0.39, 0.29) is 0 Å². The van der Waals surface area contributed by atoms with Crippen LogP contribution in [0.15, 0.2) is 52.8 Å². The van der Waals surface area contributed by atoms with Gasteiger partial charge in [-0.15, -0.1) is 23.5 Å². The highest BCUT2D eigenvalue weighted by Crippen LogP contribution is 2.40. The van der Waals surface area contributed by atoms with Gasteiger partial charge in [0.15, 0.2) is 0 Å². The Morgan fingerprint density at radius 2 is 1.35 bits per heavy atom. The van der Waals surface area contributed by atoms with Crippen LogP contribution in [0.4, 0.5) is 0 Å². The Bertz CT molecular complexity index is 668. The summed E-state index contributed by atoms with van der Waals surface area (Å²) in [4.78, 5) is 0. The van der Waals surface area contributed by atoms with Crippen molar-refractivity contribution in [3.8, 4) is 17.2 Å². The Labute approximate surface area is 146 Å². The SMILES string of the molecule is COc1ccc(Oc2ccc(C(C)=C3SCCCS3)cc2)cc1. The highest BCUT2D eigenvalue weighted by molar-refractivity contribution is 8.23. The van der Waals surface area contributed by atoms with Gasteiger partial charge in [0, 0.05) is 4.24 Å². The summed E-state index contributed by atoms with van der Waals surface area (Å²) < 4.78 is 12.5. The molecule has 2 aromatic carbocycles. The molecule has 0 bridgehead atoms. The highest BCUT2D eigenvalue weighted by Gasteiger charge is 2.11. The number of methoxy groups -OCH3 is 1. The van der Waals surface area contributed by atoms with Gasteiger partial charge in [0.25, 0.3) is 0 Å². The van der Waals surface area contributed by atoms with Crippen molar-refractivity contribution in [2.45, 2.75) is 13.3 Å². The zero-order valence-electron chi connectivity index (χ0n) is 13.4. The summed E-state index contributed by atoms with van der Waals surface area (Å²) in [6.45, 7) is 2.21. The van der Waals surface area contributed by atoms with Crippen LogP contribution in [-0.2, 0) is 0 Å². The van der Waals surface area contributed by atoms with Crippen LogP contribution in [0, 0.1) is 0 Å². The number of thioether (sulfide) groups is 2. The maximum Gasteiger partial charge on any atom is 0.127 e. The fourth-order valence-electron chi connectivity index (χ4n) is 2.32. The van der Waals surface area contributed by atoms with Crippen molar-refractivity contribution < 1.29 is 9.47 Å². The standard InChI is InChI=1S/C19H20O2S2/c1-14(19-22-12-3-13-23-19)15-4-6-17(7-5-15)21-18-10-8-16(20-2)9-11-18/h4-11H,3,12-13H2,1-2H3. The first-order chi connectivity index (χ1) is 11.3. The van der Waals surface area contributed by atoms with Crippen molar-refractivity contribution >= 4 is 29.1 Å². The molecule has 120 valence electrons. The molecule has 4 heteroatoms. The molecule has 0 amide bonds. The Morgan fingerprint density at radius 1 is 0.826 bits per heavy atom. The van der Waals surface area contributed by atoms with Crippen LogP contribution in [0.3, 0.4) is 0 Å². The lowest BCUT2D eigenvalue weighted by Gasteiger charge is -2.16. The zero-order valence-corrected chi connectivity index (χ0v) is 15.0. The van der Waals surface area contributed by atoms with E-state index in [1.807, 2.05) is 59.9 Å². The van der Waals surface area contributed by atoms with E-state index < -0.39 is 0 Å². The van der Waals surface area contributed by atoms with Crippen LogP contribution < -0.4 is 9.47 Å². The van der Waals surface area contributed by atoms with Gasteiger partial charge in [-0.05, 0) is 72.4 Å². The molecule has 0 N–H and O–H groups in total. The van der Waals surface area contributed by atoms with E-state index in [0.717, 1.165) is 17.2 Å². The molecule has 23 heavy (non-hydrogen) atoms. The van der Waals surface area contributed by atoms with Crippen molar-refractivity contribution in [1.82, 2.24) is 0 Å². The van der Waals surface area contributed by atoms with Crippen LogP contribution in [0.25, 0.3) is 5.57 Å². The minimum absolute atomic E-state index is 0.812. The summed E-state index contributed by atoms with van der Waals surface area (Å²) in [5.41, 5.74) is 2.64. The van der Waals surface area contributed by atoms with Crippen LogP contribution in [-0.4, -0.2) is 18.6 Å². The molecule has 0 atom stereocenters. The van der Waals surface area contributed by atoms with E-state index in [0.29, 0.717) is 0 Å². The quantitative estimate of drug-likeness (QED) is 0.672. The van der Waals surface area contributed by atoms with Crippen molar-refractivity contribution in [3.63, 3.8) is 0 Å². The molecule has 0 unspecified atom stereocenters. The molecular weight excluding hydrogens is 324 g/mol. The molecule has 1 heterocycles. The molecule has 3 rings (SSSR count). The second kappa shape index (κ2) is 7.84. The van der Waals surface area contributed by atoms with Gasteiger partial charge in [-0.2, -0.15) is 0 Å². The lowest BCUT2D eigenvalue weighted by Crippen LogP contribution is -1.94. The normalized spacial score (nSPS) is 14.4. The molecule has 1 saturated heterocycles. The van der Waals surface area contributed by atoms with Gasteiger partial charge >= 0.3 is 0 Å². The lowest BCUT2D eigenvalue weighted by molar-refractivity contribution is 0.413. The third-order valence-corrected chi connectivity index (χ3v) is 6.47. The third-order valence-electron chi connectivity index (χ3n) is 3.64. The summed E-state index contributed by atoms with van der Waals surface area (Å²) in [6.07, 6.45) is 1.31. The van der Waals surface area contributed by atoms with E-state index >= 15 is 0 Å². The molecule has 2 nitrogen and oxygen atoms in total. The average molecular weight is 345 g/mol. The first kappa shape index (κ1) is 16.3. The van der Waals surface area contributed by atoms with Gasteiger partial charge in [0.1, 0.15) is 17.2 Å². The minimum atomic E-state index is 0.812. The number of hydrogen-bond acceptors (Lipinski definition) is 4. The Balaban J connectivity index is 1.71. The second-order valence-electron chi connectivity index (χ2n) is 5.26. The maximum absolute atomic E-state index is 5.88. The largest absolute Gasteiger partial charge is 0.497 e. The van der Waals surface area contributed by atoms with Gasteiger partial charge in [-0.25, -0.2) is 0 Å². The van der Waals surface area contributed by atoms with E-state index in [9.17, 15) is 0 Å². The number of hydrogen-bond donors (Lipinski definition) is 0. The molecule has 2 aromatic rings. The summed E-state index contributed by atoms with van der Waals surface area (Å²) in [6, 6.07) is 16.0. The second-order valence-corrected chi connectivity index (χ2v) is 7.73. The van der Waals surface area contributed by atoms with E-state index in [1.165, 1.54) is 33.3 Å². The van der Waals surface area contributed by atoms with E-state index in [4.69, 9.17) is 9.47 Å². The molecule has 0 aliphatic carbocycles. The van der Waals surface area contributed by atoms with E-state index in [1.54, 1.807) is 7.11 Å². The molecule has 0 radical (unpaired) electrons. The summed E-state index contributed by atoms with van der Waals surface area (Å²) >= 11 is 3.95. The van der Waals surface area contributed by atoms with E-state index in [2.05, 4.69) is 19.1 Å². The van der Waals surface area contributed by atoms with Crippen molar-refractivity contribution in [1.29, 1.82) is 0 Å². The summed E-state index contributed by atoms with van der Waals surface area (Å²) in [5, 5.41) is 0. The number of benzene rings is 2. The van der Waals surface area contributed by atoms with Crippen molar-refractivity contribution in [3.05, 3.63) is 58.3 Å². The number of ether oxygens (including phenoxy) is 2. The maximum atomic E-state index is 5.88. The molecule has 0 aromatic heterocycles. The monoisotopic (exact) mass is 344 g/mol. The molecule has 1 aliphatic rings. The number of allylic oxidation sites excluding steroid dienone is 1. The van der Waals surface area contributed by atoms with Crippen LogP contribution in [0.5, 0.6) is 17.2 Å². The predicted molar refractivity (Wildman–Crippen MR) is 102 cm³/mol. The van der Waals surface area contributed by atoms with Gasteiger partial charge in [0.05, 0.1) is 7.11 Å². The number of rotatable bonds is 4. The van der Waals surface area contributed by atoms with Crippen molar-refractivity contribution in [2.24, 2.45) is 0 Å². The fraction of sp³-hybridized carbons (Fsp3) is 0.263. The molecule has 0 spiro atoms. The molecule has 1 fully saturated rings. The summed E-state index contributed by atoms with van der Waals surface area (Å²) in [5.74, 6) is 4.96. The van der Waals surface area contributed by atoms with Crippen molar-refractivity contribution in [2.75, 3.05) is 18.6 Å². The first-order valence-corrected chi connectivity index (χ1v) is 9.62.